The number of hydrogen-bond donors (Lipinski definition) is 0. The van der Waals surface area contributed by atoms with Crippen LogP contribution in [0.5, 0.6) is 0 Å². The summed E-state index contributed by atoms with van der Waals surface area (Å²) in [5, 5.41) is -5.86. The van der Waals surface area contributed by atoms with E-state index in [0.717, 1.165) is 6.07 Å². The van der Waals surface area contributed by atoms with Crippen LogP contribution in [0.15, 0.2) is 174 Å². The van der Waals surface area contributed by atoms with E-state index in [1.807, 2.05) is 0 Å². The minimum absolute atomic E-state index is 0.477. The highest BCUT2D eigenvalue weighted by molar-refractivity contribution is 6.27. The van der Waals surface area contributed by atoms with E-state index in [0.29, 0.717) is 0 Å². The van der Waals surface area contributed by atoms with Crippen molar-refractivity contribution in [1.29, 1.82) is 0 Å². The maximum Gasteiger partial charge on any atom is 0.136 e. The molecule has 0 unspecified atom stereocenters. The van der Waals surface area contributed by atoms with Crippen molar-refractivity contribution in [2.45, 2.75) is 0 Å². The summed E-state index contributed by atoms with van der Waals surface area (Å²) in [6.07, 6.45) is 0. The molecule has 1 heteroatoms. The molecule has 0 saturated carbocycles. The molecule has 218 valence electrons. The smallest absolute Gasteiger partial charge is 0.136 e. The van der Waals surface area contributed by atoms with Crippen LogP contribution in [0.1, 0.15) is 37.0 Å². The van der Waals surface area contributed by atoms with Gasteiger partial charge in [-0.2, -0.15) is 0 Å². The van der Waals surface area contributed by atoms with Crippen LogP contribution in [0, 0.1) is 0 Å². The summed E-state index contributed by atoms with van der Waals surface area (Å²) in [5.74, 6) is 0. The molecule has 47 heavy (non-hydrogen) atoms. The minimum Gasteiger partial charge on any atom is -0.456 e. The highest BCUT2D eigenvalue weighted by atomic mass is 16.3. The fraction of sp³-hybridized carbons (Fsp3) is 0. The lowest BCUT2D eigenvalue weighted by Gasteiger charge is -2.20. The van der Waals surface area contributed by atoms with Gasteiger partial charge in [0.1, 0.15) is 11.2 Å². The highest BCUT2D eigenvalue weighted by Gasteiger charge is 2.21. The first-order chi connectivity index (χ1) is 34.6. The molecule has 0 aliphatic heterocycles. The van der Waals surface area contributed by atoms with Crippen molar-refractivity contribution in [3.05, 3.63) is 169 Å². The number of hydrogen-bond acceptors (Lipinski definition) is 1. The zero-order valence-electron chi connectivity index (χ0n) is 50.5. The molecule has 0 saturated heterocycles. The van der Waals surface area contributed by atoms with Gasteiger partial charge in [0.05, 0.1) is 37.0 Å². The Hall–Kier alpha value is -6.18. The van der Waals surface area contributed by atoms with Crippen LogP contribution in [0.3, 0.4) is 0 Å². The Kier molecular flexibility index (Phi) is 2.37. The van der Waals surface area contributed by atoms with Gasteiger partial charge in [-0.3, -0.25) is 0 Å². The van der Waals surface area contributed by atoms with Crippen molar-refractivity contribution in [3.8, 4) is 33.4 Å². The Morgan fingerprint density at radius 2 is 0.936 bits per heavy atom. The molecular formula is C46H28O. The van der Waals surface area contributed by atoms with Gasteiger partial charge in [0, 0.05) is 10.8 Å². The van der Waals surface area contributed by atoms with Crippen LogP contribution in [0.25, 0.3) is 98.4 Å². The second kappa shape index (κ2) is 10.2. The molecule has 1 nitrogen and oxygen atoms in total. The fourth-order valence-corrected chi connectivity index (χ4v) is 5.98. The summed E-state index contributed by atoms with van der Waals surface area (Å²) in [7, 11) is 0. The summed E-state index contributed by atoms with van der Waals surface area (Å²) >= 11 is 0. The maximum absolute atomic E-state index is 9.76. The van der Waals surface area contributed by atoms with Gasteiger partial charge in [0.25, 0.3) is 0 Å². The number of furan rings is 1. The van der Waals surface area contributed by atoms with Crippen molar-refractivity contribution in [2.75, 3.05) is 0 Å². The maximum atomic E-state index is 9.76. The van der Waals surface area contributed by atoms with Gasteiger partial charge in [-0.1, -0.05) is 151 Å². The summed E-state index contributed by atoms with van der Waals surface area (Å²) < 4.78 is 250. The van der Waals surface area contributed by atoms with E-state index in [-0.39, 0.29) is 0 Å². The van der Waals surface area contributed by atoms with Crippen LogP contribution >= 0.6 is 0 Å². The third-order valence-electron chi connectivity index (χ3n) is 7.90. The van der Waals surface area contributed by atoms with Crippen molar-refractivity contribution >= 4 is 65.0 Å². The van der Waals surface area contributed by atoms with Crippen LogP contribution < -0.4 is 0 Å². The molecule has 10 rings (SSSR count). The fourth-order valence-electron chi connectivity index (χ4n) is 5.98. The summed E-state index contributed by atoms with van der Waals surface area (Å²) in [5.41, 5.74) is -5.23. The van der Waals surface area contributed by atoms with Crippen molar-refractivity contribution in [2.24, 2.45) is 0 Å². The molecule has 0 radical (unpaired) electrons. The van der Waals surface area contributed by atoms with E-state index in [4.69, 9.17) is 27.7 Å². The van der Waals surface area contributed by atoms with Gasteiger partial charge in [-0.25, -0.2) is 0 Å². The molecule has 0 spiro atoms. The van der Waals surface area contributed by atoms with Crippen molar-refractivity contribution < 1.29 is 41.4 Å². The summed E-state index contributed by atoms with van der Waals surface area (Å²) in [4.78, 5) is 0. The van der Waals surface area contributed by atoms with Crippen molar-refractivity contribution in [1.82, 2.24) is 0 Å². The Bertz CT molecular complexity index is 4280. The third kappa shape index (κ3) is 3.90. The predicted molar refractivity (Wildman–Crippen MR) is 200 cm³/mol. The van der Waals surface area contributed by atoms with Crippen LogP contribution in [-0.4, -0.2) is 0 Å². The van der Waals surface area contributed by atoms with Gasteiger partial charge < -0.3 is 4.42 Å². The topological polar surface area (TPSA) is 13.1 Å². The van der Waals surface area contributed by atoms with E-state index in [1.165, 1.54) is 0 Å². The zero-order valence-corrected chi connectivity index (χ0v) is 23.5. The second-order valence-corrected chi connectivity index (χ2v) is 10.3. The van der Waals surface area contributed by atoms with Gasteiger partial charge >= 0.3 is 0 Å². The molecule has 0 atom stereocenters. The Balaban J connectivity index is 1.56. The largest absolute Gasteiger partial charge is 0.456 e. The van der Waals surface area contributed by atoms with Crippen molar-refractivity contribution in [3.63, 3.8) is 0 Å². The number of fused-ring (bicyclic) bond motifs is 7. The molecule has 0 aliphatic rings. The molecule has 1 heterocycles. The van der Waals surface area contributed by atoms with E-state index in [9.17, 15) is 13.7 Å². The van der Waals surface area contributed by atoms with E-state index in [1.54, 1.807) is 0 Å². The third-order valence-corrected chi connectivity index (χ3v) is 7.90. The molecule has 0 amide bonds. The minimum atomic E-state index is -0.993. The summed E-state index contributed by atoms with van der Waals surface area (Å²) in [6, 6.07) is -22.9. The van der Waals surface area contributed by atoms with E-state index < -0.39 is 262 Å². The summed E-state index contributed by atoms with van der Waals surface area (Å²) in [6.45, 7) is 0. The van der Waals surface area contributed by atoms with Gasteiger partial charge in [0.2, 0.25) is 0 Å². The first-order valence-corrected chi connectivity index (χ1v) is 14.0. The SMILES string of the molecule is [2H]c1cc2c(-c3c4c([2H])c([2H])c([2H])c([2H])c4c(-c4c([2H])c([2H])c([2H])c5oc6c([2H])c7c([2H])c([2H])c([2H])c([2H])c7c([2H])c6c45)c4c([2H])c([2H])c([2H])c([2H])c34)c([2H])c([2H])c(-c3c([2H])c([2H])c([2H])c([2H])c3[2H])c2c([2H])c1[2H]. The quantitative estimate of drug-likeness (QED) is 0.178. The number of rotatable bonds is 3. The molecule has 1 aromatic heterocycles. The molecule has 0 N–H and O–H groups in total. The Morgan fingerprint density at radius 3 is 1.66 bits per heavy atom. The van der Waals surface area contributed by atoms with Crippen LogP contribution in [0.4, 0.5) is 0 Å². The van der Waals surface area contributed by atoms with E-state index >= 15 is 0 Å². The van der Waals surface area contributed by atoms with Gasteiger partial charge in [-0.05, 0) is 94.6 Å². The molecule has 0 bridgehead atoms. The molecule has 10 aromatic rings. The number of benzene rings is 9. The lowest BCUT2D eigenvalue weighted by atomic mass is 9.83. The zero-order chi connectivity index (χ0) is 54.4. The monoisotopic (exact) mass is 623 g/mol. The van der Waals surface area contributed by atoms with Gasteiger partial charge in [0.15, 0.2) is 0 Å². The lowest BCUT2D eigenvalue weighted by Crippen LogP contribution is -1.92. The van der Waals surface area contributed by atoms with Crippen LogP contribution in [0.2, 0.25) is 0 Å². The van der Waals surface area contributed by atoms with E-state index in [2.05, 4.69) is 0 Å². The second-order valence-electron chi connectivity index (χ2n) is 10.3. The Labute approximate surface area is 309 Å². The lowest BCUT2D eigenvalue weighted by molar-refractivity contribution is 0.669. The highest BCUT2D eigenvalue weighted by Crippen LogP contribution is 2.48. The average molecular weight is 624 g/mol. The molecule has 0 fully saturated rings. The first-order valence-electron chi connectivity index (χ1n) is 27.5. The standard InChI is InChI=1S/C46H28O/c1-2-13-29(14-3-1)32-25-26-39(34-18-7-6-17-33(32)34)44-35-19-8-10-21-37(35)45(38-22-11-9-20-36(38)44)40-23-12-24-42-46(40)41-27-30-15-4-5-16-31(30)28-43(41)47-42/h1-28H/i1D,2D,3D,4D,5D,6D,7D,8D,9D,10D,11D,12D,13D,14D,15D,16D,17D,19D,20D,21D,22D,23D,24D,25D,26D,27D,28D. The Morgan fingerprint density at radius 1 is 0.362 bits per heavy atom. The molecule has 9 aromatic carbocycles. The van der Waals surface area contributed by atoms with Crippen LogP contribution in [-0.2, 0) is 0 Å². The van der Waals surface area contributed by atoms with Gasteiger partial charge in [-0.15, -0.1) is 0 Å². The first kappa shape index (κ1) is 11.0. The predicted octanol–water partition coefficient (Wildman–Crippen LogP) is 13.2. The molecular weight excluding hydrogens is 569 g/mol. The molecule has 0 aliphatic carbocycles. The average Bonchev–Trinajstić information content (AvgIpc) is 3.77. The normalized spacial score (nSPS) is 19.9.